The molecule has 90 valence electrons. The van der Waals surface area contributed by atoms with Crippen molar-refractivity contribution >= 4 is 5.82 Å². The molecule has 0 atom stereocenters. The van der Waals surface area contributed by atoms with Gasteiger partial charge in [-0.15, -0.1) is 0 Å². The molecule has 6 nitrogen and oxygen atoms in total. The third-order valence-electron chi connectivity index (χ3n) is 1.83. The van der Waals surface area contributed by atoms with E-state index in [-0.39, 0.29) is 11.8 Å². The van der Waals surface area contributed by atoms with Crippen LogP contribution >= 0.6 is 0 Å². The Balaban J connectivity index is 2.41. The quantitative estimate of drug-likeness (QED) is 0.666. The van der Waals surface area contributed by atoms with Crippen LogP contribution in [0, 0.1) is 0 Å². The van der Waals surface area contributed by atoms with Gasteiger partial charge in [-0.2, -0.15) is 5.10 Å². The molecule has 0 aliphatic carbocycles. The second-order valence-corrected chi connectivity index (χ2v) is 3.03. The highest BCUT2D eigenvalue weighted by atomic mass is 16.7. The van der Waals surface area contributed by atoms with E-state index in [0.717, 1.165) is 0 Å². The summed E-state index contributed by atoms with van der Waals surface area (Å²) in [7, 11) is 0. The summed E-state index contributed by atoms with van der Waals surface area (Å²) in [5, 5.41) is 9.16. The topological polar surface area (TPSA) is 76.2 Å². The van der Waals surface area contributed by atoms with Crippen LogP contribution in [0.4, 0.5) is 5.82 Å². The highest BCUT2D eigenvalue weighted by Gasteiger charge is 2.07. The fraction of sp³-hybridized carbons (Fsp3) is 0.600. The molecule has 1 heterocycles. The van der Waals surface area contributed by atoms with Crippen LogP contribution in [0.15, 0.2) is 16.9 Å². The molecule has 0 unspecified atom stereocenters. The summed E-state index contributed by atoms with van der Waals surface area (Å²) in [5.74, 6) is 0.587. The monoisotopic (exact) mass is 227 g/mol. The van der Waals surface area contributed by atoms with Crippen molar-refractivity contribution < 1.29 is 9.47 Å². The number of rotatable bonds is 7. The average molecular weight is 227 g/mol. The molecule has 0 saturated carbocycles. The molecule has 1 aromatic heterocycles. The Kier molecular flexibility index (Phi) is 5.52. The van der Waals surface area contributed by atoms with Crippen molar-refractivity contribution in [3.05, 3.63) is 22.5 Å². The predicted molar refractivity (Wildman–Crippen MR) is 60.4 cm³/mol. The van der Waals surface area contributed by atoms with Crippen LogP contribution in [0.2, 0.25) is 0 Å². The van der Waals surface area contributed by atoms with Crippen molar-refractivity contribution in [2.45, 2.75) is 20.1 Å². The second-order valence-electron chi connectivity index (χ2n) is 3.03. The van der Waals surface area contributed by atoms with Crippen LogP contribution in [-0.2, 0) is 9.47 Å². The van der Waals surface area contributed by atoms with Gasteiger partial charge in [-0.05, 0) is 19.9 Å². The van der Waals surface area contributed by atoms with Crippen LogP contribution in [0.3, 0.4) is 0 Å². The smallest absolute Gasteiger partial charge is 0.264 e. The fourth-order valence-corrected chi connectivity index (χ4v) is 1.17. The van der Waals surface area contributed by atoms with Gasteiger partial charge in [0.15, 0.2) is 6.29 Å². The lowest BCUT2D eigenvalue weighted by molar-refractivity contribution is -0.126. The van der Waals surface area contributed by atoms with Crippen LogP contribution in [-0.4, -0.2) is 36.2 Å². The number of nitrogens with one attached hydrogen (secondary N) is 2. The zero-order chi connectivity index (χ0) is 11.8. The summed E-state index contributed by atoms with van der Waals surface area (Å²) in [5.41, 5.74) is -0.225. The largest absolute Gasteiger partial charge is 0.364 e. The fourth-order valence-electron chi connectivity index (χ4n) is 1.17. The minimum Gasteiger partial charge on any atom is -0.364 e. The molecular weight excluding hydrogens is 210 g/mol. The van der Waals surface area contributed by atoms with Crippen molar-refractivity contribution in [1.29, 1.82) is 0 Å². The van der Waals surface area contributed by atoms with E-state index < -0.39 is 0 Å². The minimum atomic E-state index is -0.302. The highest BCUT2D eigenvalue weighted by Crippen LogP contribution is 2.00. The van der Waals surface area contributed by atoms with E-state index in [1.165, 1.54) is 6.07 Å². The van der Waals surface area contributed by atoms with Gasteiger partial charge in [0.25, 0.3) is 5.56 Å². The maximum Gasteiger partial charge on any atom is 0.264 e. The van der Waals surface area contributed by atoms with Crippen molar-refractivity contribution in [3.8, 4) is 0 Å². The summed E-state index contributed by atoms with van der Waals surface area (Å²) >= 11 is 0. The number of ether oxygens (including phenoxy) is 2. The van der Waals surface area contributed by atoms with Crippen molar-refractivity contribution in [2.24, 2.45) is 0 Å². The molecule has 0 spiro atoms. The van der Waals surface area contributed by atoms with Crippen molar-refractivity contribution in [3.63, 3.8) is 0 Å². The van der Waals surface area contributed by atoms with E-state index in [1.807, 2.05) is 13.8 Å². The van der Waals surface area contributed by atoms with E-state index in [1.54, 1.807) is 6.07 Å². The van der Waals surface area contributed by atoms with Gasteiger partial charge in [-0.25, -0.2) is 5.10 Å². The Bertz CT molecular complexity index is 327. The Labute approximate surface area is 94.0 Å². The Hall–Kier alpha value is -1.40. The van der Waals surface area contributed by atoms with Gasteiger partial charge in [-0.1, -0.05) is 0 Å². The summed E-state index contributed by atoms with van der Waals surface area (Å²) < 4.78 is 10.7. The number of H-pyrrole nitrogens is 1. The predicted octanol–water partition coefficient (Wildman–Crippen LogP) is 0.581. The normalized spacial score (nSPS) is 10.7. The number of hydrogen-bond donors (Lipinski definition) is 2. The van der Waals surface area contributed by atoms with Crippen LogP contribution in [0.5, 0.6) is 0 Å². The zero-order valence-corrected chi connectivity index (χ0v) is 9.53. The number of nitrogens with zero attached hydrogens (tertiary/aromatic N) is 1. The molecule has 1 aromatic rings. The average Bonchev–Trinajstić information content (AvgIpc) is 2.29. The Morgan fingerprint density at radius 3 is 2.56 bits per heavy atom. The summed E-state index contributed by atoms with van der Waals surface area (Å²) in [6.45, 7) is 5.48. The van der Waals surface area contributed by atoms with Crippen LogP contribution < -0.4 is 10.9 Å². The van der Waals surface area contributed by atoms with E-state index in [9.17, 15) is 4.79 Å². The summed E-state index contributed by atoms with van der Waals surface area (Å²) in [6, 6.07) is 3.01. The molecule has 0 aliphatic rings. The SMILES string of the molecule is CCOC(CNc1ccc(=O)[nH]n1)OCC. The van der Waals surface area contributed by atoms with Gasteiger partial charge < -0.3 is 14.8 Å². The first-order valence-electron chi connectivity index (χ1n) is 5.29. The minimum absolute atomic E-state index is 0.225. The lowest BCUT2D eigenvalue weighted by atomic mass is 10.5. The maximum atomic E-state index is 10.8. The molecule has 2 N–H and O–H groups in total. The van der Waals surface area contributed by atoms with E-state index in [2.05, 4.69) is 15.5 Å². The number of anilines is 1. The van der Waals surface area contributed by atoms with Crippen LogP contribution in [0.25, 0.3) is 0 Å². The number of aromatic nitrogens is 2. The van der Waals surface area contributed by atoms with Gasteiger partial charge >= 0.3 is 0 Å². The summed E-state index contributed by atoms with van der Waals surface area (Å²) in [6.07, 6.45) is -0.302. The molecule has 0 saturated heterocycles. The first kappa shape index (κ1) is 12.7. The third kappa shape index (κ3) is 4.41. The number of aromatic amines is 1. The van der Waals surface area contributed by atoms with Gasteiger partial charge in [0.05, 0.1) is 6.54 Å². The molecule has 0 aromatic carbocycles. The molecule has 16 heavy (non-hydrogen) atoms. The summed E-state index contributed by atoms with van der Waals surface area (Å²) in [4.78, 5) is 10.8. The lowest BCUT2D eigenvalue weighted by Gasteiger charge is -2.17. The molecular formula is C10H17N3O3. The van der Waals surface area contributed by atoms with Crippen molar-refractivity contribution in [1.82, 2.24) is 10.2 Å². The highest BCUT2D eigenvalue weighted by molar-refractivity contribution is 5.31. The molecule has 0 aliphatic heterocycles. The van der Waals surface area contributed by atoms with Crippen molar-refractivity contribution in [2.75, 3.05) is 25.1 Å². The molecule has 0 amide bonds. The standard InChI is InChI=1S/C10H17N3O3/c1-3-15-10(16-4-2)7-11-8-5-6-9(14)13-12-8/h5-6,10H,3-4,7H2,1-2H3,(H,11,12)(H,13,14). The van der Waals surface area contributed by atoms with E-state index in [0.29, 0.717) is 25.6 Å². The van der Waals surface area contributed by atoms with E-state index in [4.69, 9.17) is 9.47 Å². The first-order chi connectivity index (χ1) is 7.76. The van der Waals surface area contributed by atoms with Crippen LogP contribution in [0.1, 0.15) is 13.8 Å². The third-order valence-corrected chi connectivity index (χ3v) is 1.83. The molecule has 1 rings (SSSR count). The second kappa shape index (κ2) is 6.97. The Morgan fingerprint density at radius 1 is 1.38 bits per heavy atom. The molecule has 6 heteroatoms. The molecule has 0 radical (unpaired) electrons. The number of hydrogen-bond acceptors (Lipinski definition) is 5. The Morgan fingerprint density at radius 2 is 2.06 bits per heavy atom. The molecule has 0 fully saturated rings. The van der Waals surface area contributed by atoms with Gasteiger partial charge in [0.1, 0.15) is 5.82 Å². The van der Waals surface area contributed by atoms with E-state index >= 15 is 0 Å². The first-order valence-corrected chi connectivity index (χ1v) is 5.29. The maximum absolute atomic E-state index is 10.8. The zero-order valence-electron chi connectivity index (χ0n) is 9.53. The van der Waals surface area contributed by atoms with Gasteiger partial charge in [-0.3, -0.25) is 4.79 Å². The lowest BCUT2D eigenvalue weighted by Crippen LogP contribution is -2.27. The molecule has 0 bridgehead atoms. The van der Waals surface area contributed by atoms with Gasteiger partial charge in [0, 0.05) is 19.3 Å². The van der Waals surface area contributed by atoms with Gasteiger partial charge in [0.2, 0.25) is 0 Å².